The van der Waals surface area contributed by atoms with E-state index in [9.17, 15) is 9.59 Å². The van der Waals surface area contributed by atoms with Crippen LogP contribution >= 0.6 is 0 Å². The van der Waals surface area contributed by atoms with Crippen LogP contribution < -0.4 is 14.2 Å². The Morgan fingerprint density at radius 3 is 2.74 bits per heavy atom. The number of aryl methyl sites for hydroxylation is 2. The number of allylic oxidation sites excluding steroid dienone is 1. The molecular formula is C25H23NO5. The molecule has 5 rings (SSSR count). The molecule has 1 fully saturated rings. The van der Waals surface area contributed by atoms with E-state index in [1.807, 2.05) is 31.3 Å². The fourth-order valence-corrected chi connectivity index (χ4v) is 4.00. The zero-order chi connectivity index (χ0) is 21.7. The number of ketones is 1. The number of Topliss-reactive ketones (excluding diaryl/α,β-unsaturated/α-hetero) is 1. The van der Waals surface area contributed by atoms with Crippen LogP contribution in [0.3, 0.4) is 0 Å². The van der Waals surface area contributed by atoms with E-state index in [0.717, 1.165) is 47.2 Å². The van der Waals surface area contributed by atoms with Gasteiger partial charge in [0.05, 0.1) is 18.6 Å². The molecule has 0 amide bonds. The number of esters is 1. The van der Waals surface area contributed by atoms with Crippen molar-refractivity contribution in [2.45, 2.75) is 33.2 Å². The molecule has 1 saturated carbocycles. The van der Waals surface area contributed by atoms with Gasteiger partial charge in [0.15, 0.2) is 5.76 Å². The van der Waals surface area contributed by atoms with Crippen molar-refractivity contribution in [2.75, 3.05) is 7.11 Å². The van der Waals surface area contributed by atoms with Crippen LogP contribution in [0.25, 0.3) is 17.0 Å². The van der Waals surface area contributed by atoms with E-state index in [2.05, 4.69) is 11.5 Å². The predicted octanol–water partition coefficient (Wildman–Crippen LogP) is 4.91. The lowest BCUT2D eigenvalue weighted by molar-refractivity contribution is -0.135. The lowest BCUT2D eigenvalue weighted by atomic mass is 10.0. The molecule has 6 heteroatoms. The second kappa shape index (κ2) is 7.30. The third kappa shape index (κ3) is 3.38. The van der Waals surface area contributed by atoms with Gasteiger partial charge in [-0.1, -0.05) is 0 Å². The molecule has 158 valence electrons. The van der Waals surface area contributed by atoms with E-state index in [0.29, 0.717) is 17.1 Å². The minimum Gasteiger partial charge on any atom is -0.497 e. The molecule has 2 heterocycles. The van der Waals surface area contributed by atoms with Crippen molar-refractivity contribution in [3.8, 4) is 17.2 Å². The maximum Gasteiger partial charge on any atom is 0.314 e. The smallest absolute Gasteiger partial charge is 0.314 e. The van der Waals surface area contributed by atoms with Crippen molar-refractivity contribution in [1.82, 2.24) is 4.57 Å². The van der Waals surface area contributed by atoms with E-state index in [1.165, 1.54) is 0 Å². The monoisotopic (exact) mass is 417 g/mol. The number of carbonyl (C=O) groups is 2. The Morgan fingerprint density at radius 2 is 2.03 bits per heavy atom. The fourth-order valence-electron chi connectivity index (χ4n) is 4.00. The summed E-state index contributed by atoms with van der Waals surface area (Å²) in [4.78, 5) is 25.1. The molecule has 0 radical (unpaired) electrons. The largest absolute Gasteiger partial charge is 0.497 e. The molecule has 0 spiro atoms. The average Bonchev–Trinajstić information content (AvgIpc) is 3.49. The van der Waals surface area contributed by atoms with Crippen LogP contribution in [0.2, 0.25) is 0 Å². The van der Waals surface area contributed by atoms with Crippen molar-refractivity contribution in [2.24, 2.45) is 5.92 Å². The van der Waals surface area contributed by atoms with Gasteiger partial charge in [0.25, 0.3) is 0 Å². The summed E-state index contributed by atoms with van der Waals surface area (Å²) < 4.78 is 18.9. The Balaban J connectivity index is 1.52. The fraction of sp³-hybridized carbons (Fsp3) is 0.280. The van der Waals surface area contributed by atoms with Gasteiger partial charge in [0.2, 0.25) is 5.78 Å². The highest BCUT2D eigenvalue weighted by Gasteiger charge is 2.34. The lowest BCUT2D eigenvalue weighted by Crippen LogP contribution is -2.10. The van der Waals surface area contributed by atoms with Crippen LogP contribution in [-0.4, -0.2) is 23.4 Å². The molecule has 31 heavy (non-hydrogen) atoms. The van der Waals surface area contributed by atoms with Crippen LogP contribution in [-0.2, 0) is 11.3 Å². The Bertz CT molecular complexity index is 1260. The summed E-state index contributed by atoms with van der Waals surface area (Å²) >= 11 is 0. The van der Waals surface area contributed by atoms with E-state index in [4.69, 9.17) is 14.2 Å². The minimum absolute atomic E-state index is 0.000516. The maximum absolute atomic E-state index is 13.1. The summed E-state index contributed by atoms with van der Waals surface area (Å²) in [6, 6.07) is 9.24. The summed E-state index contributed by atoms with van der Waals surface area (Å²) in [5, 5.41) is 0.983. The minimum atomic E-state index is -0.222. The van der Waals surface area contributed by atoms with E-state index >= 15 is 0 Å². The van der Waals surface area contributed by atoms with Crippen molar-refractivity contribution in [3.63, 3.8) is 0 Å². The van der Waals surface area contributed by atoms with Gasteiger partial charge in [-0.25, -0.2) is 0 Å². The summed E-state index contributed by atoms with van der Waals surface area (Å²) in [6.45, 7) is 4.70. The number of ether oxygens (including phenoxy) is 3. The quantitative estimate of drug-likeness (QED) is 0.335. The number of fused-ring (bicyclic) bond motifs is 2. The lowest BCUT2D eigenvalue weighted by Gasteiger charge is -2.07. The van der Waals surface area contributed by atoms with E-state index in [1.54, 1.807) is 25.3 Å². The summed E-state index contributed by atoms with van der Waals surface area (Å²) in [5.41, 5.74) is 3.17. The first-order valence-electron chi connectivity index (χ1n) is 10.5. The molecule has 1 aromatic heterocycles. The predicted molar refractivity (Wildman–Crippen MR) is 117 cm³/mol. The zero-order valence-electron chi connectivity index (χ0n) is 17.7. The SMILES string of the molecule is CCn1cc(/C=C2\Oc3cc(OC(=O)C4CC4)cc(C)c3C2=O)c2cc(OC)ccc21. The molecule has 2 aromatic carbocycles. The average molecular weight is 417 g/mol. The third-order valence-corrected chi connectivity index (χ3v) is 5.82. The number of methoxy groups -OCH3 is 1. The summed E-state index contributed by atoms with van der Waals surface area (Å²) in [5.74, 6) is 1.44. The second-order valence-electron chi connectivity index (χ2n) is 8.00. The molecule has 6 nitrogen and oxygen atoms in total. The topological polar surface area (TPSA) is 66.8 Å². The molecule has 1 aliphatic carbocycles. The van der Waals surface area contributed by atoms with Gasteiger partial charge in [0.1, 0.15) is 17.2 Å². The highest BCUT2D eigenvalue weighted by Crippen LogP contribution is 2.39. The molecule has 0 atom stereocenters. The van der Waals surface area contributed by atoms with Crippen molar-refractivity contribution in [3.05, 3.63) is 59.0 Å². The molecule has 1 aliphatic heterocycles. The number of aromatic nitrogens is 1. The van der Waals surface area contributed by atoms with Gasteiger partial charge in [-0.2, -0.15) is 0 Å². The third-order valence-electron chi connectivity index (χ3n) is 5.82. The highest BCUT2D eigenvalue weighted by atomic mass is 16.5. The van der Waals surface area contributed by atoms with Crippen LogP contribution in [0, 0.1) is 12.8 Å². The van der Waals surface area contributed by atoms with Crippen molar-refractivity contribution < 1.29 is 23.8 Å². The van der Waals surface area contributed by atoms with E-state index in [-0.39, 0.29) is 23.4 Å². The first-order valence-corrected chi connectivity index (χ1v) is 10.5. The van der Waals surface area contributed by atoms with E-state index < -0.39 is 0 Å². The van der Waals surface area contributed by atoms with Gasteiger partial charge in [-0.15, -0.1) is 0 Å². The molecule has 3 aromatic rings. The van der Waals surface area contributed by atoms with Crippen molar-refractivity contribution in [1.29, 1.82) is 0 Å². The number of benzene rings is 2. The maximum atomic E-state index is 13.1. The number of rotatable bonds is 5. The normalized spacial score (nSPS) is 16.5. The Hall–Kier alpha value is -3.54. The van der Waals surface area contributed by atoms with Gasteiger partial charge in [-0.05, 0) is 62.6 Å². The molecule has 0 saturated heterocycles. The second-order valence-corrected chi connectivity index (χ2v) is 8.00. The first kappa shape index (κ1) is 19.4. The highest BCUT2D eigenvalue weighted by molar-refractivity contribution is 6.16. The first-order chi connectivity index (χ1) is 15.0. The van der Waals surface area contributed by atoms with Crippen LogP contribution in [0.15, 0.2) is 42.3 Å². The van der Waals surface area contributed by atoms with Gasteiger partial charge < -0.3 is 18.8 Å². The molecule has 0 bridgehead atoms. The summed E-state index contributed by atoms with van der Waals surface area (Å²) in [7, 11) is 1.63. The molecule has 0 N–H and O–H groups in total. The van der Waals surface area contributed by atoms with Gasteiger partial charge in [-0.3, -0.25) is 9.59 Å². The Kier molecular flexibility index (Phi) is 4.58. The number of hydrogen-bond acceptors (Lipinski definition) is 5. The standard InChI is InChI=1S/C25H23NO5/c1-4-26-13-16(19-11-17(29-3)7-8-20(19)26)10-22-24(27)23-14(2)9-18(12-21(23)31-22)30-25(28)15-5-6-15/h7-13,15H,4-6H2,1-3H3/b22-10-. The number of nitrogens with zero attached hydrogens (tertiary/aromatic N) is 1. The zero-order valence-corrected chi connectivity index (χ0v) is 17.7. The molecule has 0 unspecified atom stereocenters. The Morgan fingerprint density at radius 1 is 1.23 bits per heavy atom. The number of hydrogen-bond donors (Lipinski definition) is 0. The number of carbonyl (C=O) groups excluding carboxylic acids is 2. The Labute approximate surface area is 180 Å². The van der Waals surface area contributed by atoms with Crippen LogP contribution in [0.5, 0.6) is 17.2 Å². The summed E-state index contributed by atoms with van der Waals surface area (Å²) in [6.07, 6.45) is 5.53. The van der Waals surface area contributed by atoms with Crippen LogP contribution in [0.4, 0.5) is 0 Å². The molecule has 2 aliphatic rings. The van der Waals surface area contributed by atoms with Crippen molar-refractivity contribution >= 4 is 28.7 Å². The van der Waals surface area contributed by atoms with Gasteiger partial charge >= 0.3 is 5.97 Å². The van der Waals surface area contributed by atoms with Crippen LogP contribution in [0.1, 0.15) is 41.3 Å². The molecular weight excluding hydrogens is 394 g/mol. The van der Waals surface area contributed by atoms with Gasteiger partial charge in [0, 0.05) is 35.3 Å².